The topological polar surface area (TPSA) is 93.4 Å². The zero-order chi connectivity index (χ0) is 21.3. The first-order valence-electron chi connectivity index (χ1n) is 9.87. The summed E-state index contributed by atoms with van der Waals surface area (Å²) in [6.45, 7) is 5.06. The van der Waals surface area contributed by atoms with Crippen molar-refractivity contribution in [1.82, 2.24) is 19.5 Å². The van der Waals surface area contributed by atoms with Crippen LogP contribution in [0.3, 0.4) is 0 Å². The molecule has 8 heteroatoms. The number of fused-ring (bicyclic) bond motifs is 1. The van der Waals surface area contributed by atoms with Crippen LogP contribution in [0, 0.1) is 0 Å². The summed E-state index contributed by atoms with van der Waals surface area (Å²) in [5.41, 5.74) is 1.40. The second kappa shape index (κ2) is 7.87. The molecule has 4 rings (SSSR count). The van der Waals surface area contributed by atoms with Crippen molar-refractivity contribution >= 4 is 5.95 Å². The number of methoxy groups -OCH3 is 1. The van der Waals surface area contributed by atoms with Gasteiger partial charge in [0.25, 0.3) is 5.56 Å². The molecule has 1 unspecified atom stereocenters. The van der Waals surface area contributed by atoms with E-state index in [0.29, 0.717) is 36.2 Å². The Labute approximate surface area is 174 Å². The molecular formula is C22H25N5O3. The van der Waals surface area contributed by atoms with Crippen molar-refractivity contribution < 1.29 is 9.84 Å². The largest absolute Gasteiger partial charge is 0.497 e. The summed E-state index contributed by atoms with van der Waals surface area (Å²) in [7, 11) is 1.60. The molecule has 0 amide bonds. The fourth-order valence-electron chi connectivity index (χ4n) is 3.73. The summed E-state index contributed by atoms with van der Waals surface area (Å²) in [5.74, 6) is 1.22. The first-order chi connectivity index (χ1) is 14.4. The maximum absolute atomic E-state index is 12.8. The molecule has 0 radical (unpaired) electrons. The summed E-state index contributed by atoms with van der Waals surface area (Å²) in [4.78, 5) is 27.8. The lowest BCUT2D eigenvalue weighted by atomic mass is 9.95. The molecule has 156 valence electrons. The molecule has 1 atom stereocenters. The maximum Gasteiger partial charge on any atom is 0.255 e. The van der Waals surface area contributed by atoms with Crippen molar-refractivity contribution in [2.45, 2.75) is 38.5 Å². The van der Waals surface area contributed by atoms with Crippen molar-refractivity contribution in [3.05, 3.63) is 64.8 Å². The van der Waals surface area contributed by atoms with E-state index in [0.717, 1.165) is 12.0 Å². The predicted molar refractivity (Wildman–Crippen MR) is 114 cm³/mol. The highest BCUT2D eigenvalue weighted by molar-refractivity contribution is 5.56. The fraction of sp³-hybridized carbons (Fsp3) is 0.364. The van der Waals surface area contributed by atoms with Gasteiger partial charge in [-0.05, 0) is 44.0 Å². The standard InChI is InChI=1S/C22H25N5O3/c1-22(2)8-10-26-20(29)12-18(17-7-9-23-14-24-17)25-21(26)27(22)13-19(28)15-5-4-6-16(11-15)30-3/h4-7,9,11-12,14,19,28H,8,10,13H2,1-3H3. The van der Waals surface area contributed by atoms with Crippen molar-refractivity contribution in [1.29, 1.82) is 0 Å². The van der Waals surface area contributed by atoms with E-state index in [1.807, 2.05) is 29.2 Å². The molecule has 0 aliphatic carbocycles. The van der Waals surface area contributed by atoms with Crippen LogP contribution in [-0.4, -0.2) is 43.8 Å². The van der Waals surface area contributed by atoms with Gasteiger partial charge in [0.05, 0.1) is 31.1 Å². The monoisotopic (exact) mass is 407 g/mol. The van der Waals surface area contributed by atoms with E-state index >= 15 is 0 Å². The molecule has 0 fully saturated rings. The van der Waals surface area contributed by atoms with E-state index in [1.165, 1.54) is 12.4 Å². The zero-order valence-electron chi connectivity index (χ0n) is 17.3. The normalized spacial score (nSPS) is 16.1. The van der Waals surface area contributed by atoms with Gasteiger partial charge < -0.3 is 14.7 Å². The minimum absolute atomic E-state index is 0.134. The van der Waals surface area contributed by atoms with E-state index in [-0.39, 0.29) is 11.1 Å². The van der Waals surface area contributed by atoms with Gasteiger partial charge in [-0.2, -0.15) is 0 Å². The van der Waals surface area contributed by atoms with E-state index in [2.05, 4.69) is 23.8 Å². The van der Waals surface area contributed by atoms with E-state index < -0.39 is 6.10 Å². The molecule has 2 aromatic heterocycles. The molecule has 1 N–H and O–H groups in total. The molecule has 30 heavy (non-hydrogen) atoms. The minimum atomic E-state index is -0.773. The quantitative estimate of drug-likeness (QED) is 0.694. The Kier molecular flexibility index (Phi) is 5.26. The highest BCUT2D eigenvalue weighted by Gasteiger charge is 2.36. The smallest absolute Gasteiger partial charge is 0.255 e. The number of aliphatic hydroxyl groups is 1. The molecule has 0 bridgehead atoms. The Morgan fingerprint density at radius 3 is 2.80 bits per heavy atom. The van der Waals surface area contributed by atoms with Gasteiger partial charge >= 0.3 is 0 Å². The third kappa shape index (κ3) is 3.78. The molecular weight excluding hydrogens is 382 g/mol. The van der Waals surface area contributed by atoms with Crippen molar-refractivity contribution in [3.63, 3.8) is 0 Å². The number of aromatic nitrogens is 4. The average Bonchev–Trinajstić information content (AvgIpc) is 2.76. The summed E-state index contributed by atoms with van der Waals surface area (Å²) < 4.78 is 6.94. The Bertz CT molecular complexity index is 1100. The molecule has 0 spiro atoms. The maximum atomic E-state index is 12.8. The van der Waals surface area contributed by atoms with Crippen LogP contribution < -0.4 is 15.2 Å². The highest BCUT2D eigenvalue weighted by atomic mass is 16.5. The Balaban J connectivity index is 1.74. The van der Waals surface area contributed by atoms with Crippen LogP contribution >= 0.6 is 0 Å². The predicted octanol–water partition coefficient (Wildman–Crippen LogP) is 2.43. The summed E-state index contributed by atoms with van der Waals surface area (Å²) in [6, 6.07) is 10.6. The van der Waals surface area contributed by atoms with Gasteiger partial charge in [0.1, 0.15) is 12.1 Å². The van der Waals surface area contributed by atoms with E-state index in [1.54, 1.807) is 23.9 Å². The van der Waals surface area contributed by atoms with Gasteiger partial charge in [-0.3, -0.25) is 9.36 Å². The lowest BCUT2D eigenvalue weighted by Gasteiger charge is -2.45. The third-order valence-corrected chi connectivity index (χ3v) is 5.59. The molecule has 3 heterocycles. The lowest BCUT2D eigenvalue weighted by molar-refractivity contribution is 0.168. The van der Waals surface area contributed by atoms with Gasteiger partial charge in [0.2, 0.25) is 5.95 Å². The number of hydrogen-bond donors (Lipinski definition) is 1. The van der Waals surface area contributed by atoms with E-state index in [4.69, 9.17) is 9.72 Å². The first kappa shape index (κ1) is 20.0. The van der Waals surface area contributed by atoms with Crippen molar-refractivity contribution in [2.24, 2.45) is 0 Å². The second-order valence-electron chi connectivity index (χ2n) is 7.99. The Hall–Kier alpha value is -3.26. The van der Waals surface area contributed by atoms with Gasteiger partial charge in [-0.1, -0.05) is 12.1 Å². The SMILES string of the molecule is COc1cccc(C(O)CN2c3nc(-c4ccncn4)cc(=O)n3CCC2(C)C)c1. The number of nitrogens with zero attached hydrogens (tertiary/aromatic N) is 5. The molecule has 8 nitrogen and oxygen atoms in total. The molecule has 1 aliphatic heterocycles. The van der Waals surface area contributed by atoms with Gasteiger partial charge in [0.15, 0.2) is 0 Å². The van der Waals surface area contributed by atoms with Crippen LogP contribution in [0.15, 0.2) is 53.7 Å². The summed E-state index contributed by atoms with van der Waals surface area (Å²) in [6.07, 6.45) is 3.04. The number of anilines is 1. The average molecular weight is 407 g/mol. The minimum Gasteiger partial charge on any atom is -0.497 e. The Morgan fingerprint density at radius 2 is 2.07 bits per heavy atom. The number of ether oxygens (including phenoxy) is 1. The van der Waals surface area contributed by atoms with Crippen LogP contribution in [0.1, 0.15) is 31.9 Å². The number of rotatable bonds is 5. The summed E-state index contributed by atoms with van der Waals surface area (Å²) >= 11 is 0. The number of β-amino-alcohol motifs (C(OH)–C–C–N with tert-alkyl or cyclic N) is 1. The van der Waals surface area contributed by atoms with E-state index in [9.17, 15) is 9.90 Å². The van der Waals surface area contributed by atoms with Gasteiger partial charge in [-0.25, -0.2) is 15.0 Å². The summed E-state index contributed by atoms with van der Waals surface area (Å²) in [5, 5.41) is 11.0. The zero-order valence-corrected chi connectivity index (χ0v) is 17.3. The van der Waals surface area contributed by atoms with Crippen molar-refractivity contribution in [2.75, 3.05) is 18.6 Å². The number of aliphatic hydroxyl groups excluding tert-OH is 1. The first-order valence-corrected chi connectivity index (χ1v) is 9.87. The highest BCUT2D eigenvalue weighted by Crippen LogP contribution is 2.33. The van der Waals surface area contributed by atoms with Crippen LogP contribution in [0.2, 0.25) is 0 Å². The molecule has 1 aromatic carbocycles. The van der Waals surface area contributed by atoms with Gasteiger partial charge in [0, 0.05) is 24.3 Å². The second-order valence-corrected chi connectivity index (χ2v) is 7.99. The lowest BCUT2D eigenvalue weighted by Crippen LogP contribution is -2.53. The van der Waals surface area contributed by atoms with Gasteiger partial charge in [-0.15, -0.1) is 0 Å². The fourth-order valence-corrected chi connectivity index (χ4v) is 3.73. The van der Waals surface area contributed by atoms with Crippen LogP contribution in [0.25, 0.3) is 11.4 Å². The van der Waals surface area contributed by atoms with Crippen LogP contribution in [-0.2, 0) is 6.54 Å². The number of benzene rings is 1. The van der Waals surface area contributed by atoms with Crippen LogP contribution in [0.5, 0.6) is 5.75 Å². The Morgan fingerprint density at radius 1 is 1.23 bits per heavy atom. The third-order valence-electron chi connectivity index (χ3n) is 5.59. The molecule has 0 saturated carbocycles. The van der Waals surface area contributed by atoms with Crippen LogP contribution in [0.4, 0.5) is 5.95 Å². The molecule has 1 aliphatic rings. The molecule has 3 aromatic rings. The van der Waals surface area contributed by atoms with Crippen molar-refractivity contribution in [3.8, 4) is 17.1 Å². The molecule has 0 saturated heterocycles. The number of hydrogen-bond acceptors (Lipinski definition) is 7.